The molecule has 2 N–H and O–H groups in total. The fourth-order valence-corrected chi connectivity index (χ4v) is 2.15. The molecule has 0 fully saturated rings. The minimum atomic E-state index is -1.21. The average molecular weight is 286 g/mol. The zero-order chi connectivity index (χ0) is 14.1. The van der Waals surface area contributed by atoms with Gasteiger partial charge in [-0.05, 0) is 24.3 Å². The molecule has 4 nitrogen and oxygen atoms in total. The van der Waals surface area contributed by atoms with Crippen molar-refractivity contribution in [1.82, 2.24) is 4.98 Å². The molecule has 0 aliphatic heterocycles. The van der Waals surface area contributed by atoms with E-state index in [2.05, 4.69) is 4.98 Å². The summed E-state index contributed by atoms with van der Waals surface area (Å²) in [5.41, 5.74) is 8.46. The Bertz CT molecular complexity index is 801. The van der Waals surface area contributed by atoms with Crippen molar-refractivity contribution in [3.8, 4) is 11.3 Å². The summed E-state index contributed by atoms with van der Waals surface area (Å²) in [7, 11) is 0. The molecule has 1 heterocycles. The third kappa shape index (κ3) is 3.08. The van der Waals surface area contributed by atoms with Gasteiger partial charge in [0.25, 0.3) is 0 Å². The third-order valence-corrected chi connectivity index (χ3v) is 3.14. The van der Waals surface area contributed by atoms with Gasteiger partial charge >= 0.3 is 29.6 Å². The van der Waals surface area contributed by atoms with Crippen LogP contribution in [0.3, 0.4) is 0 Å². The second-order valence-electron chi connectivity index (χ2n) is 4.48. The number of carboxylic acids is 1. The topological polar surface area (TPSA) is 79.0 Å². The Morgan fingerprint density at radius 2 is 1.71 bits per heavy atom. The SMILES string of the molecule is Nc1ccc(-c2cc(C(=O)[O-])c3ccccc3n2)cc1.[Na+]. The van der Waals surface area contributed by atoms with Crippen LogP contribution in [-0.2, 0) is 0 Å². The van der Waals surface area contributed by atoms with Gasteiger partial charge in [-0.3, -0.25) is 0 Å². The number of nitrogens with zero attached hydrogens (tertiary/aromatic N) is 1. The molecule has 0 bridgehead atoms. The van der Waals surface area contributed by atoms with Crippen molar-refractivity contribution in [3.05, 3.63) is 60.2 Å². The number of aromatic nitrogens is 1. The van der Waals surface area contributed by atoms with E-state index in [1.165, 1.54) is 6.07 Å². The second-order valence-corrected chi connectivity index (χ2v) is 4.48. The zero-order valence-corrected chi connectivity index (χ0v) is 13.5. The fourth-order valence-electron chi connectivity index (χ4n) is 2.15. The molecule has 0 saturated carbocycles. The van der Waals surface area contributed by atoms with E-state index >= 15 is 0 Å². The van der Waals surface area contributed by atoms with Gasteiger partial charge in [0.1, 0.15) is 0 Å². The maximum atomic E-state index is 11.3. The van der Waals surface area contributed by atoms with Gasteiger partial charge in [-0.1, -0.05) is 30.3 Å². The summed E-state index contributed by atoms with van der Waals surface area (Å²) < 4.78 is 0. The fraction of sp³-hybridized carbons (Fsp3) is 0. The molecule has 0 spiro atoms. The standard InChI is InChI=1S/C16H12N2O2.Na/c17-11-7-5-10(6-8-11)15-9-13(16(19)20)12-3-1-2-4-14(12)18-15;/h1-9H,17H2,(H,19,20);/q;+1/p-1. The van der Waals surface area contributed by atoms with E-state index in [0.717, 1.165) is 5.56 Å². The first kappa shape index (κ1) is 15.5. The first-order valence-corrected chi connectivity index (χ1v) is 6.12. The van der Waals surface area contributed by atoms with Crippen LogP contribution >= 0.6 is 0 Å². The summed E-state index contributed by atoms with van der Waals surface area (Å²) in [5.74, 6) is -1.21. The number of benzene rings is 2. The molecule has 3 rings (SSSR count). The second kappa shape index (κ2) is 6.26. The summed E-state index contributed by atoms with van der Waals surface area (Å²) >= 11 is 0. The Morgan fingerprint density at radius 1 is 1.05 bits per heavy atom. The van der Waals surface area contributed by atoms with Crippen molar-refractivity contribution >= 4 is 22.6 Å². The number of pyridine rings is 1. The number of fused-ring (bicyclic) bond motifs is 1. The Balaban J connectivity index is 0.00000161. The van der Waals surface area contributed by atoms with Crippen LogP contribution in [0.5, 0.6) is 0 Å². The molecule has 0 saturated heterocycles. The maximum Gasteiger partial charge on any atom is 1.00 e. The molecule has 98 valence electrons. The summed E-state index contributed by atoms with van der Waals surface area (Å²) in [5, 5.41) is 11.9. The van der Waals surface area contributed by atoms with Gasteiger partial charge in [-0.2, -0.15) is 0 Å². The van der Waals surface area contributed by atoms with Crippen LogP contribution in [-0.4, -0.2) is 11.0 Å². The minimum absolute atomic E-state index is 0. The van der Waals surface area contributed by atoms with Crippen LogP contribution < -0.4 is 40.4 Å². The number of carboxylic acid groups (broad SMARTS) is 1. The number of hydrogen-bond donors (Lipinski definition) is 1. The van der Waals surface area contributed by atoms with E-state index in [9.17, 15) is 9.90 Å². The molecular weight excluding hydrogens is 275 g/mol. The molecule has 2 aromatic carbocycles. The van der Waals surface area contributed by atoms with E-state index in [1.54, 1.807) is 30.3 Å². The molecule has 0 amide bonds. The van der Waals surface area contributed by atoms with Crippen LogP contribution in [0.15, 0.2) is 54.6 Å². The van der Waals surface area contributed by atoms with Crippen molar-refractivity contribution in [1.29, 1.82) is 0 Å². The van der Waals surface area contributed by atoms with Gasteiger partial charge < -0.3 is 15.6 Å². The molecule has 1 aromatic heterocycles. The molecule has 0 radical (unpaired) electrons. The number of hydrogen-bond acceptors (Lipinski definition) is 4. The van der Waals surface area contributed by atoms with E-state index in [1.807, 2.05) is 18.2 Å². The number of rotatable bonds is 2. The molecule has 0 unspecified atom stereocenters. The van der Waals surface area contributed by atoms with Gasteiger partial charge in [-0.25, -0.2) is 4.98 Å². The van der Waals surface area contributed by atoms with Crippen LogP contribution in [0.1, 0.15) is 10.4 Å². The summed E-state index contributed by atoms with van der Waals surface area (Å²) in [6.45, 7) is 0. The maximum absolute atomic E-state index is 11.3. The van der Waals surface area contributed by atoms with Crippen molar-refractivity contribution < 1.29 is 39.5 Å². The van der Waals surface area contributed by atoms with Crippen LogP contribution in [0.25, 0.3) is 22.2 Å². The van der Waals surface area contributed by atoms with Crippen molar-refractivity contribution in [2.75, 3.05) is 5.73 Å². The third-order valence-electron chi connectivity index (χ3n) is 3.14. The number of aromatic carboxylic acids is 1. The smallest absolute Gasteiger partial charge is 0.545 e. The first-order chi connectivity index (χ1) is 9.65. The van der Waals surface area contributed by atoms with E-state index in [0.29, 0.717) is 22.3 Å². The molecular formula is C16H11N2NaO2. The van der Waals surface area contributed by atoms with Gasteiger partial charge in [0.05, 0.1) is 17.2 Å². The Labute approximate surface area is 143 Å². The summed E-state index contributed by atoms with van der Waals surface area (Å²) in [6, 6.07) is 15.8. The molecule has 0 aliphatic rings. The Kier molecular flexibility index (Phi) is 4.63. The molecule has 0 aliphatic carbocycles. The van der Waals surface area contributed by atoms with E-state index < -0.39 is 5.97 Å². The molecule has 3 aromatic rings. The number of carbonyl (C=O) groups excluding carboxylic acids is 1. The van der Waals surface area contributed by atoms with Crippen LogP contribution in [0, 0.1) is 0 Å². The van der Waals surface area contributed by atoms with Crippen LogP contribution in [0.2, 0.25) is 0 Å². The number of nitrogen functional groups attached to an aromatic ring is 1. The number of anilines is 1. The predicted octanol–water partition coefficient (Wildman–Crippen LogP) is -1.15. The number of carbonyl (C=O) groups is 1. The average Bonchev–Trinajstić information content (AvgIpc) is 2.46. The van der Waals surface area contributed by atoms with E-state index in [-0.39, 0.29) is 35.1 Å². The molecule has 0 atom stereocenters. The monoisotopic (exact) mass is 286 g/mol. The summed E-state index contributed by atoms with van der Waals surface area (Å²) in [4.78, 5) is 15.8. The Hall–Kier alpha value is -1.88. The molecule has 21 heavy (non-hydrogen) atoms. The van der Waals surface area contributed by atoms with Gasteiger partial charge in [0, 0.05) is 22.2 Å². The normalized spacial score (nSPS) is 10.1. The quantitative estimate of drug-likeness (QED) is 0.477. The first-order valence-electron chi connectivity index (χ1n) is 6.12. The van der Waals surface area contributed by atoms with Gasteiger partial charge in [-0.15, -0.1) is 0 Å². The van der Waals surface area contributed by atoms with Crippen molar-refractivity contribution in [2.24, 2.45) is 0 Å². The van der Waals surface area contributed by atoms with Crippen LogP contribution in [0.4, 0.5) is 5.69 Å². The number of nitrogens with two attached hydrogens (primary N) is 1. The Morgan fingerprint density at radius 3 is 2.38 bits per heavy atom. The van der Waals surface area contributed by atoms with Gasteiger partial charge in [0.2, 0.25) is 0 Å². The van der Waals surface area contributed by atoms with Crippen molar-refractivity contribution in [2.45, 2.75) is 0 Å². The largest absolute Gasteiger partial charge is 1.00 e. The number of para-hydroxylation sites is 1. The zero-order valence-electron chi connectivity index (χ0n) is 11.5. The summed E-state index contributed by atoms with van der Waals surface area (Å²) in [6.07, 6.45) is 0. The minimum Gasteiger partial charge on any atom is -0.545 e. The van der Waals surface area contributed by atoms with E-state index in [4.69, 9.17) is 5.73 Å². The molecule has 5 heteroatoms. The van der Waals surface area contributed by atoms with Gasteiger partial charge in [0.15, 0.2) is 0 Å². The predicted molar refractivity (Wildman–Crippen MR) is 75.9 cm³/mol. The van der Waals surface area contributed by atoms with Crippen molar-refractivity contribution in [3.63, 3.8) is 0 Å².